The summed E-state index contributed by atoms with van der Waals surface area (Å²) in [6.07, 6.45) is 1.73. The number of guanidine groups is 1. The average Bonchev–Trinajstić information content (AvgIpc) is 2.65. The first-order valence-corrected chi connectivity index (χ1v) is 4.94. The smallest absolute Gasteiger partial charge is 0.230 e. The Balaban J connectivity index is 2.05. The highest BCUT2D eigenvalue weighted by Crippen LogP contribution is 2.06. The minimum atomic E-state index is 0.493. The zero-order valence-electron chi connectivity index (χ0n) is 8.73. The summed E-state index contributed by atoms with van der Waals surface area (Å²) < 4.78 is 5.23. The van der Waals surface area contributed by atoms with Crippen LogP contribution in [-0.4, -0.2) is 47.1 Å². The molecule has 3 N–H and O–H groups in total. The lowest BCUT2D eigenvalue weighted by atomic mass is 10.4. The van der Waals surface area contributed by atoms with E-state index in [2.05, 4.69) is 15.0 Å². The topological polar surface area (TPSA) is 79.5 Å². The van der Waals surface area contributed by atoms with Gasteiger partial charge in [0.1, 0.15) is 0 Å². The van der Waals surface area contributed by atoms with Crippen LogP contribution in [0.3, 0.4) is 0 Å². The number of aryl methyl sites for hydroxylation is 1. The Hall–Kier alpha value is -1.56. The Kier molecular flexibility index (Phi) is 2.86. The van der Waals surface area contributed by atoms with E-state index in [9.17, 15) is 0 Å². The van der Waals surface area contributed by atoms with Gasteiger partial charge in [-0.15, -0.1) is 0 Å². The second-order valence-electron chi connectivity index (χ2n) is 3.46. The lowest BCUT2D eigenvalue weighted by molar-refractivity contribution is 0.0675. The molecule has 0 saturated carbocycles. The van der Waals surface area contributed by atoms with Gasteiger partial charge < -0.3 is 20.4 Å². The summed E-state index contributed by atoms with van der Waals surface area (Å²) in [6, 6.07) is 0. The average molecular weight is 209 g/mol. The Morgan fingerprint density at radius 2 is 2.33 bits per heavy atom. The third kappa shape index (κ3) is 2.47. The van der Waals surface area contributed by atoms with E-state index < -0.39 is 0 Å². The van der Waals surface area contributed by atoms with E-state index in [0.29, 0.717) is 25.1 Å². The fraction of sp³-hybridized carbons (Fsp3) is 0.556. The number of aliphatic imine (C=N–C) groups is 1. The van der Waals surface area contributed by atoms with Crippen LogP contribution in [0.1, 0.15) is 5.69 Å². The van der Waals surface area contributed by atoms with Crippen LogP contribution in [-0.2, 0) is 4.74 Å². The van der Waals surface area contributed by atoms with Gasteiger partial charge in [0.05, 0.1) is 13.2 Å². The standard InChI is InChI=1S/C9H15N5O/c1-7-6-11-9(12-7)13-8(10)14-2-4-15-5-3-14/h6H,2-5H2,1H3,(H3,10,11,12,13). The molecule has 0 bridgehead atoms. The molecule has 0 unspecified atom stereocenters. The molecule has 0 spiro atoms. The number of ether oxygens (including phenoxy) is 1. The van der Waals surface area contributed by atoms with E-state index in [0.717, 1.165) is 18.8 Å². The summed E-state index contributed by atoms with van der Waals surface area (Å²) in [6.45, 7) is 4.90. The van der Waals surface area contributed by atoms with Crippen molar-refractivity contribution in [2.45, 2.75) is 6.92 Å². The second kappa shape index (κ2) is 4.31. The van der Waals surface area contributed by atoms with E-state index in [-0.39, 0.29) is 0 Å². The zero-order chi connectivity index (χ0) is 10.7. The van der Waals surface area contributed by atoms with Crippen molar-refractivity contribution in [1.29, 1.82) is 0 Å². The largest absolute Gasteiger partial charge is 0.378 e. The molecule has 0 atom stereocenters. The molecule has 1 fully saturated rings. The number of hydrogen-bond donors (Lipinski definition) is 2. The maximum atomic E-state index is 5.85. The predicted molar refractivity (Wildman–Crippen MR) is 57.0 cm³/mol. The van der Waals surface area contributed by atoms with Crippen molar-refractivity contribution in [3.05, 3.63) is 11.9 Å². The van der Waals surface area contributed by atoms with Crippen molar-refractivity contribution < 1.29 is 4.74 Å². The molecule has 0 aliphatic carbocycles. The molecular weight excluding hydrogens is 194 g/mol. The highest BCUT2D eigenvalue weighted by molar-refractivity contribution is 5.80. The highest BCUT2D eigenvalue weighted by atomic mass is 16.5. The van der Waals surface area contributed by atoms with Gasteiger partial charge in [-0.25, -0.2) is 4.98 Å². The maximum absolute atomic E-state index is 5.85. The van der Waals surface area contributed by atoms with Crippen molar-refractivity contribution in [2.24, 2.45) is 10.7 Å². The molecule has 0 aromatic carbocycles. The number of H-pyrrole nitrogens is 1. The molecule has 15 heavy (non-hydrogen) atoms. The van der Waals surface area contributed by atoms with Gasteiger partial charge in [-0.1, -0.05) is 0 Å². The van der Waals surface area contributed by atoms with Crippen molar-refractivity contribution in [2.75, 3.05) is 26.3 Å². The van der Waals surface area contributed by atoms with E-state index in [1.54, 1.807) is 6.20 Å². The zero-order valence-corrected chi connectivity index (χ0v) is 8.73. The van der Waals surface area contributed by atoms with Crippen molar-refractivity contribution >= 4 is 11.9 Å². The first-order chi connectivity index (χ1) is 7.25. The van der Waals surface area contributed by atoms with Crippen LogP contribution < -0.4 is 5.73 Å². The predicted octanol–water partition coefficient (Wildman–Crippen LogP) is -0.00348. The van der Waals surface area contributed by atoms with Crippen LogP contribution in [0.2, 0.25) is 0 Å². The van der Waals surface area contributed by atoms with Crippen LogP contribution in [0.25, 0.3) is 0 Å². The van der Waals surface area contributed by atoms with Crippen LogP contribution in [0, 0.1) is 6.92 Å². The minimum absolute atomic E-state index is 0.493. The normalized spacial score (nSPS) is 18.2. The van der Waals surface area contributed by atoms with Crippen molar-refractivity contribution in [3.63, 3.8) is 0 Å². The van der Waals surface area contributed by atoms with Crippen molar-refractivity contribution in [3.8, 4) is 0 Å². The lowest BCUT2D eigenvalue weighted by Crippen LogP contribution is -2.44. The number of morpholine rings is 1. The van der Waals surface area contributed by atoms with Crippen LogP contribution in [0.4, 0.5) is 5.95 Å². The molecule has 2 heterocycles. The number of aromatic nitrogens is 2. The Morgan fingerprint density at radius 1 is 1.60 bits per heavy atom. The molecular formula is C9H15N5O. The molecule has 0 amide bonds. The molecule has 82 valence electrons. The van der Waals surface area contributed by atoms with E-state index >= 15 is 0 Å². The Labute approximate surface area is 88.2 Å². The third-order valence-corrected chi connectivity index (χ3v) is 2.24. The first-order valence-electron chi connectivity index (χ1n) is 4.94. The molecule has 1 aromatic heterocycles. The molecule has 1 saturated heterocycles. The number of nitrogens with zero attached hydrogens (tertiary/aromatic N) is 3. The molecule has 1 aliphatic heterocycles. The summed E-state index contributed by atoms with van der Waals surface area (Å²) in [5, 5.41) is 0. The first kappa shape index (κ1) is 9.97. The summed E-state index contributed by atoms with van der Waals surface area (Å²) >= 11 is 0. The quantitative estimate of drug-likeness (QED) is 0.504. The minimum Gasteiger partial charge on any atom is -0.378 e. The molecule has 2 rings (SSSR count). The molecule has 1 aliphatic rings. The van der Waals surface area contributed by atoms with Crippen molar-refractivity contribution in [1.82, 2.24) is 14.9 Å². The van der Waals surface area contributed by atoms with Gasteiger partial charge in [0.2, 0.25) is 5.95 Å². The number of rotatable bonds is 1. The molecule has 6 nitrogen and oxygen atoms in total. The Bertz CT molecular complexity index is 353. The van der Waals surface area contributed by atoms with Gasteiger partial charge in [0.15, 0.2) is 5.96 Å². The molecule has 1 aromatic rings. The van der Waals surface area contributed by atoms with Gasteiger partial charge in [0, 0.05) is 25.0 Å². The number of hydrogen-bond acceptors (Lipinski definition) is 3. The number of nitrogens with one attached hydrogen (secondary N) is 1. The second-order valence-corrected chi connectivity index (χ2v) is 3.46. The summed E-state index contributed by atoms with van der Waals surface area (Å²) in [7, 11) is 0. The monoisotopic (exact) mass is 209 g/mol. The molecule has 0 radical (unpaired) electrons. The summed E-state index contributed by atoms with van der Waals surface area (Å²) in [5.41, 5.74) is 6.83. The Morgan fingerprint density at radius 3 is 2.93 bits per heavy atom. The molecule has 6 heteroatoms. The maximum Gasteiger partial charge on any atom is 0.230 e. The summed E-state index contributed by atoms with van der Waals surface area (Å²) in [5.74, 6) is 1.05. The van der Waals surface area contributed by atoms with Gasteiger partial charge in [-0.05, 0) is 6.92 Å². The van der Waals surface area contributed by atoms with E-state index in [4.69, 9.17) is 10.5 Å². The highest BCUT2D eigenvalue weighted by Gasteiger charge is 2.12. The van der Waals surface area contributed by atoms with Crippen LogP contribution >= 0.6 is 0 Å². The van der Waals surface area contributed by atoms with Gasteiger partial charge in [0.25, 0.3) is 0 Å². The number of nitrogens with two attached hydrogens (primary N) is 1. The lowest BCUT2D eigenvalue weighted by Gasteiger charge is -2.27. The summed E-state index contributed by atoms with van der Waals surface area (Å²) in [4.78, 5) is 13.3. The van der Waals surface area contributed by atoms with E-state index in [1.807, 2.05) is 11.8 Å². The third-order valence-electron chi connectivity index (χ3n) is 2.24. The fourth-order valence-electron chi connectivity index (χ4n) is 1.43. The van der Waals surface area contributed by atoms with Crippen LogP contribution in [0.15, 0.2) is 11.2 Å². The van der Waals surface area contributed by atoms with E-state index in [1.165, 1.54) is 0 Å². The number of imidazole rings is 1. The van der Waals surface area contributed by atoms with Gasteiger partial charge in [-0.3, -0.25) is 0 Å². The fourth-order valence-corrected chi connectivity index (χ4v) is 1.43. The van der Waals surface area contributed by atoms with Crippen LogP contribution in [0.5, 0.6) is 0 Å². The van der Waals surface area contributed by atoms with Gasteiger partial charge >= 0.3 is 0 Å². The SMILES string of the molecule is Cc1cnc(N=C(N)N2CCOCC2)[nH]1. The van der Waals surface area contributed by atoms with Gasteiger partial charge in [-0.2, -0.15) is 4.99 Å². The number of aromatic amines is 1.